The minimum absolute atomic E-state index is 0.0253. The molecule has 1 saturated heterocycles. The van der Waals surface area contributed by atoms with Gasteiger partial charge in [0.25, 0.3) is 5.91 Å². The first-order chi connectivity index (χ1) is 17.3. The zero-order valence-electron chi connectivity index (χ0n) is 19.9. The summed E-state index contributed by atoms with van der Waals surface area (Å²) in [5.41, 5.74) is 3.25. The second kappa shape index (κ2) is 13.0. The Morgan fingerprint density at radius 3 is 2.47 bits per heavy atom. The summed E-state index contributed by atoms with van der Waals surface area (Å²) in [6, 6.07) is 13.8. The van der Waals surface area contributed by atoms with Crippen LogP contribution >= 0.6 is 24.0 Å². The minimum Gasteiger partial charge on any atom is -0.469 e. The van der Waals surface area contributed by atoms with Crippen LogP contribution in [-0.4, -0.2) is 53.6 Å². The quantitative estimate of drug-likeness (QED) is 0.298. The van der Waals surface area contributed by atoms with Crippen LogP contribution < -0.4 is 16.0 Å². The molecule has 2 amide bonds. The molecule has 0 aromatic heterocycles. The number of amides is 2. The molecule has 9 nitrogen and oxygen atoms in total. The summed E-state index contributed by atoms with van der Waals surface area (Å²) in [5.74, 6) is -1.62. The molecule has 2 aromatic rings. The summed E-state index contributed by atoms with van der Waals surface area (Å²) in [6.45, 7) is 0.526. The number of carbonyl (C=O) groups excluding carboxylic acids is 4. The third-order valence-corrected chi connectivity index (χ3v) is 6.86. The molecule has 1 unspecified atom stereocenters. The van der Waals surface area contributed by atoms with Crippen LogP contribution in [0.15, 0.2) is 48.5 Å². The maximum atomic E-state index is 12.6. The molecule has 3 rings (SSSR count). The topological polar surface area (TPSA) is 123 Å². The molecule has 2 atom stereocenters. The van der Waals surface area contributed by atoms with Gasteiger partial charge in [0.1, 0.15) is 10.4 Å². The van der Waals surface area contributed by atoms with Gasteiger partial charge in [-0.2, -0.15) is 0 Å². The molecule has 0 spiro atoms. The van der Waals surface area contributed by atoms with Gasteiger partial charge in [0.15, 0.2) is 0 Å². The van der Waals surface area contributed by atoms with Crippen molar-refractivity contribution in [2.75, 3.05) is 19.5 Å². The van der Waals surface area contributed by atoms with Crippen molar-refractivity contribution < 1.29 is 28.7 Å². The van der Waals surface area contributed by atoms with Gasteiger partial charge < -0.3 is 25.4 Å². The van der Waals surface area contributed by atoms with Gasteiger partial charge in [0, 0.05) is 24.2 Å². The molecule has 2 aromatic carbocycles. The van der Waals surface area contributed by atoms with Gasteiger partial charge in [-0.3, -0.25) is 14.4 Å². The summed E-state index contributed by atoms with van der Waals surface area (Å²) in [4.78, 5) is 47.9. The molecule has 0 bridgehead atoms. The van der Waals surface area contributed by atoms with Crippen molar-refractivity contribution in [2.24, 2.45) is 0 Å². The summed E-state index contributed by atoms with van der Waals surface area (Å²) in [5, 5.41) is 8.40. The lowest BCUT2D eigenvalue weighted by Crippen LogP contribution is -2.41. The second-order valence-corrected chi connectivity index (χ2v) is 9.88. The Morgan fingerprint density at radius 1 is 1.08 bits per heavy atom. The molecule has 1 aliphatic rings. The first kappa shape index (κ1) is 27.2. The number of benzene rings is 2. The number of thioether (sulfide) groups is 1. The number of carbonyl (C=O) groups is 4. The smallest absolute Gasteiger partial charge is 0.328 e. The first-order valence-corrected chi connectivity index (χ1v) is 12.5. The monoisotopic (exact) mass is 529 g/mol. The predicted octanol–water partition coefficient (Wildman–Crippen LogP) is 2.58. The van der Waals surface area contributed by atoms with Crippen LogP contribution in [0.2, 0.25) is 0 Å². The van der Waals surface area contributed by atoms with Crippen molar-refractivity contribution in [1.82, 2.24) is 10.6 Å². The van der Waals surface area contributed by atoms with Gasteiger partial charge >= 0.3 is 11.9 Å². The number of ether oxygens (including phenoxy) is 2. The second-order valence-electron chi connectivity index (χ2n) is 8.00. The van der Waals surface area contributed by atoms with E-state index in [1.807, 2.05) is 36.4 Å². The minimum atomic E-state index is -0.959. The number of hydrogen-bond acceptors (Lipinski definition) is 9. The molecule has 1 fully saturated rings. The van der Waals surface area contributed by atoms with Crippen molar-refractivity contribution >= 4 is 57.7 Å². The summed E-state index contributed by atoms with van der Waals surface area (Å²) < 4.78 is 9.82. The number of anilines is 1. The highest BCUT2D eigenvalue weighted by Crippen LogP contribution is 2.24. The van der Waals surface area contributed by atoms with Crippen LogP contribution in [0.4, 0.5) is 5.69 Å². The molecule has 1 aliphatic heterocycles. The number of nitrogens with one attached hydrogen (secondary N) is 3. The fourth-order valence-electron chi connectivity index (χ4n) is 3.53. The molecule has 0 radical (unpaired) electrons. The van der Waals surface area contributed by atoms with E-state index in [4.69, 9.17) is 17.0 Å². The molecule has 1 heterocycles. The van der Waals surface area contributed by atoms with Crippen molar-refractivity contribution in [3.05, 3.63) is 65.2 Å². The Balaban J connectivity index is 1.54. The average Bonchev–Trinajstić information content (AvgIpc) is 3.20. The van der Waals surface area contributed by atoms with Crippen LogP contribution in [0.5, 0.6) is 0 Å². The number of thiocarbonyl (C=S) groups is 1. The standard InChI is InChI=1S/C25H27N3O6S2/c1-33-21(29)11-10-19(24(32)34-2)27-22(30)17-8-6-15(7-9-17)14-26-18-5-3-4-16(12-18)13-20-23(31)28-25(35)36-20/h3-9,12,19-20,26H,10-11,13-14H2,1-2H3,(H,27,30)(H,28,31,35)/t19-,20?/m1/s1. The molecule has 36 heavy (non-hydrogen) atoms. The van der Waals surface area contributed by atoms with Crippen molar-refractivity contribution in [3.63, 3.8) is 0 Å². The normalized spacial score (nSPS) is 15.6. The maximum absolute atomic E-state index is 12.6. The number of methoxy groups -OCH3 is 2. The van der Waals surface area contributed by atoms with Gasteiger partial charge in [-0.15, -0.1) is 0 Å². The number of hydrogen-bond donors (Lipinski definition) is 3. The third kappa shape index (κ3) is 7.79. The first-order valence-electron chi connectivity index (χ1n) is 11.2. The zero-order chi connectivity index (χ0) is 26.1. The number of rotatable bonds is 11. The van der Waals surface area contributed by atoms with E-state index < -0.39 is 23.9 Å². The molecule has 11 heteroatoms. The van der Waals surface area contributed by atoms with Crippen molar-refractivity contribution in [2.45, 2.75) is 37.1 Å². The largest absolute Gasteiger partial charge is 0.469 e. The Kier molecular flexibility index (Phi) is 9.83. The average molecular weight is 530 g/mol. The summed E-state index contributed by atoms with van der Waals surface area (Å²) >= 11 is 6.43. The van der Waals surface area contributed by atoms with Crippen LogP contribution in [0.3, 0.4) is 0 Å². The zero-order valence-corrected chi connectivity index (χ0v) is 21.5. The van der Waals surface area contributed by atoms with Crippen molar-refractivity contribution in [3.8, 4) is 0 Å². The van der Waals surface area contributed by atoms with Gasteiger partial charge in [0.05, 0.1) is 19.5 Å². The van der Waals surface area contributed by atoms with E-state index in [2.05, 4.69) is 20.7 Å². The molecular formula is C25H27N3O6S2. The van der Waals surface area contributed by atoms with Gasteiger partial charge in [-0.05, 0) is 48.2 Å². The highest BCUT2D eigenvalue weighted by Gasteiger charge is 2.29. The van der Waals surface area contributed by atoms with E-state index in [0.717, 1.165) is 16.8 Å². The van der Waals surface area contributed by atoms with E-state index in [1.165, 1.54) is 26.0 Å². The highest BCUT2D eigenvalue weighted by molar-refractivity contribution is 8.24. The molecular weight excluding hydrogens is 502 g/mol. The van der Waals surface area contributed by atoms with Crippen LogP contribution in [0.1, 0.15) is 34.3 Å². The lowest BCUT2D eigenvalue weighted by molar-refractivity contribution is -0.144. The van der Waals surface area contributed by atoms with E-state index in [9.17, 15) is 19.2 Å². The van der Waals surface area contributed by atoms with E-state index in [1.54, 1.807) is 12.1 Å². The SMILES string of the molecule is COC(=O)CC[C@@H](NC(=O)c1ccc(CNc2cccc(CC3SC(=S)NC3=O)c2)cc1)C(=O)OC. The molecule has 0 aliphatic carbocycles. The van der Waals surface area contributed by atoms with Gasteiger partial charge in [-0.25, -0.2) is 4.79 Å². The Morgan fingerprint density at radius 2 is 1.83 bits per heavy atom. The van der Waals surface area contributed by atoms with Crippen LogP contribution in [0.25, 0.3) is 0 Å². The maximum Gasteiger partial charge on any atom is 0.328 e. The fourth-order valence-corrected chi connectivity index (χ4v) is 4.83. The molecule has 190 valence electrons. The summed E-state index contributed by atoms with van der Waals surface area (Å²) in [6.07, 6.45) is 0.633. The Bertz CT molecular complexity index is 1140. The van der Waals surface area contributed by atoms with Crippen LogP contribution in [-0.2, 0) is 36.8 Å². The molecule has 0 saturated carbocycles. The van der Waals surface area contributed by atoms with Crippen molar-refractivity contribution in [1.29, 1.82) is 0 Å². The predicted molar refractivity (Wildman–Crippen MR) is 141 cm³/mol. The van der Waals surface area contributed by atoms with Gasteiger partial charge in [-0.1, -0.05) is 48.2 Å². The highest BCUT2D eigenvalue weighted by atomic mass is 32.2. The number of esters is 2. The van der Waals surface area contributed by atoms with Gasteiger partial charge in [0.2, 0.25) is 5.91 Å². The van der Waals surface area contributed by atoms with E-state index in [0.29, 0.717) is 22.8 Å². The Hall–Kier alpha value is -3.44. The molecule has 3 N–H and O–H groups in total. The van der Waals surface area contributed by atoms with Crippen LogP contribution in [0, 0.1) is 0 Å². The third-order valence-electron chi connectivity index (χ3n) is 5.48. The van der Waals surface area contributed by atoms with E-state index >= 15 is 0 Å². The fraction of sp³-hybridized carbons (Fsp3) is 0.320. The van der Waals surface area contributed by atoms with E-state index in [-0.39, 0.29) is 24.0 Å². The summed E-state index contributed by atoms with van der Waals surface area (Å²) in [7, 11) is 2.48. The Labute approximate surface area is 218 Å². The lowest BCUT2D eigenvalue weighted by atomic mass is 10.1. The lowest BCUT2D eigenvalue weighted by Gasteiger charge is -2.16.